The molecule has 0 aliphatic rings. The molecule has 0 aliphatic carbocycles. The maximum atomic E-state index is 5.84. The van der Waals surface area contributed by atoms with Crippen LogP contribution < -0.4 is 0 Å². The Morgan fingerprint density at radius 1 is 1.29 bits per heavy atom. The Labute approximate surface area is 88.7 Å². The summed E-state index contributed by atoms with van der Waals surface area (Å²) in [6.07, 6.45) is 1.85. The minimum Gasteiger partial charge on any atom is -0.244 e. The summed E-state index contributed by atoms with van der Waals surface area (Å²) in [7, 11) is 0. The highest BCUT2D eigenvalue weighted by molar-refractivity contribution is 6.30. The largest absolute Gasteiger partial charge is 0.244 e. The van der Waals surface area contributed by atoms with Crippen LogP contribution in [0.1, 0.15) is 25.3 Å². The SMILES string of the molecule is CC(C)c1cccc2cc(Cl)ncc12. The first kappa shape index (κ1) is 9.47. The number of hydrogen-bond acceptors (Lipinski definition) is 1. The van der Waals surface area contributed by atoms with Crippen molar-refractivity contribution >= 4 is 22.4 Å². The predicted molar refractivity (Wildman–Crippen MR) is 60.8 cm³/mol. The zero-order valence-electron chi connectivity index (χ0n) is 8.29. The van der Waals surface area contributed by atoms with Crippen molar-refractivity contribution in [3.63, 3.8) is 0 Å². The van der Waals surface area contributed by atoms with Crippen molar-refractivity contribution < 1.29 is 0 Å². The van der Waals surface area contributed by atoms with Crippen LogP contribution in [0.4, 0.5) is 0 Å². The molecule has 0 bridgehead atoms. The summed E-state index contributed by atoms with van der Waals surface area (Å²) in [4.78, 5) is 4.12. The summed E-state index contributed by atoms with van der Waals surface area (Å²) in [5.74, 6) is 0.515. The highest BCUT2D eigenvalue weighted by Gasteiger charge is 2.04. The van der Waals surface area contributed by atoms with Crippen LogP contribution in [0.25, 0.3) is 10.8 Å². The molecular formula is C12H12ClN. The molecule has 2 rings (SSSR count). The number of benzene rings is 1. The molecule has 1 nitrogen and oxygen atoms in total. The number of pyridine rings is 1. The zero-order chi connectivity index (χ0) is 10.1. The Hall–Kier alpha value is -1.08. The topological polar surface area (TPSA) is 12.9 Å². The Balaban J connectivity index is 2.75. The number of nitrogens with zero attached hydrogens (tertiary/aromatic N) is 1. The molecule has 2 aromatic rings. The Morgan fingerprint density at radius 3 is 2.79 bits per heavy atom. The fraction of sp³-hybridized carbons (Fsp3) is 0.250. The van der Waals surface area contributed by atoms with Gasteiger partial charge in [-0.3, -0.25) is 0 Å². The Kier molecular flexibility index (Phi) is 2.42. The highest BCUT2D eigenvalue weighted by atomic mass is 35.5. The van der Waals surface area contributed by atoms with Gasteiger partial charge in [-0.1, -0.05) is 43.6 Å². The van der Waals surface area contributed by atoms with Crippen LogP contribution in [-0.2, 0) is 0 Å². The van der Waals surface area contributed by atoms with Gasteiger partial charge >= 0.3 is 0 Å². The number of aromatic nitrogens is 1. The molecule has 14 heavy (non-hydrogen) atoms. The van der Waals surface area contributed by atoms with Crippen molar-refractivity contribution in [2.45, 2.75) is 19.8 Å². The lowest BCUT2D eigenvalue weighted by molar-refractivity contribution is 0.876. The van der Waals surface area contributed by atoms with E-state index < -0.39 is 0 Å². The lowest BCUT2D eigenvalue weighted by atomic mass is 9.98. The maximum absolute atomic E-state index is 5.84. The van der Waals surface area contributed by atoms with E-state index in [1.54, 1.807) is 0 Å². The molecule has 0 N–H and O–H groups in total. The van der Waals surface area contributed by atoms with Gasteiger partial charge in [-0.15, -0.1) is 0 Å². The van der Waals surface area contributed by atoms with Crippen LogP contribution in [0, 0.1) is 0 Å². The normalized spacial score (nSPS) is 11.1. The summed E-state index contributed by atoms with van der Waals surface area (Å²) >= 11 is 5.84. The van der Waals surface area contributed by atoms with E-state index in [0.717, 1.165) is 5.39 Å². The molecule has 1 heterocycles. The van der Waals surface area contributed by atoms with Gasteiger partial charge in [0.1, 0.15) is 5.15 Å². The van der Waals surface area contributed by atoms with Crippen molar-refractivity contribution in [1.82, 2.24) is 4.98 Å². The molecule has 0 spiro atoms. The predicted octanol–water partition coefficient (Wildman–Crippen LogP) is 4.01. The summed E-state index contributed by atoms with van der Waals surface area (Å²) in [5.41, 5.74) is 1.33. The van der Waals surface area contributed by atoms with Crippen LogP contribution in [-0.4, -0.2) is 4.98 Å². The summed E-state index contributed by atoms with van der Waals surface area (Å²) in [6, 6.07) is 8.17. The van der Waals surface area contributed by atoms with E-state index in [1.807, 2.05) is 12.3 Å². The van der Waals surface area contributed by atoms with Gasteiger partial charge in [-0.05, 0) is 22.9 Å². The van der Waals surface area contributed by atoms with Gasteiger partial charge in [0.05, 0.1) is 0 Å². The molecule has 0 aliphatic heterocycles. The lowest BCUT2D eigenvalue weighted by Gasteiger charge is -2.09. The second-order valence-corrected chi connectivity index (χ2v) is 4.12. The van der Waals surface area contributed by atoms with Gasteiger partial charge in [0.25, 0.3) is 0 Å². The van der Waals surface area contributed by atoms with E-state index in [4.69, 9.17) is 11.6 Å². The number of halogens is 1. The molecule has 0 saturated carbocycles. The van der Waals surface area contributed by atoms with Crippen molar-refractivity contribution in [2.24, 2.45) is 0 Å². The molecule has 2 heteroatoms. The fourth-order valence-electron chi connectivity index (χ4n) is 1.67. The molecule has 1 aromatic heterocycles. The number of rotatable bonds is 1. The first-order valence-electron chi connectivity index (χ1n) is 4.72. The fourth-order valence-corrected chi connectivity index (χ4v) is 1.84. The van der Waals surface area contributed by atoms with E-state index >= 15 is 0 Å². The molecule has 0 fully saturated rings. The van der Waals surface area contributed by atoms with Crippen molar-refractivity contribution in [2.75, 3.05) is 0 Å². The van der Waals surface area contributed by atoms with Crippen LogP contribution >= 0.6 is 11.6 Å². The quantitative estimate of drug-likeness (QED) is 0.641. The van der Waals surface area contributed by atoms with Gasteiger partial charge in [0, 0.05) is 11.6 Å². The third-order valence-corrected chi connectivity index (χ3v) is 2.59. The summed E-state index contributed by atoms with van der Waals surface area (Å²) in [6.45, 7) is 4.37. The smallest absolute Gasteiger partial charge is 0.129 e. The first-order chi connectivity index (χ1) is 6.68. The average molecular weight is 206 g/mol. The molecule has 0 amide bonds. The molecule has 72 valence electrons. The molecule has 1 aromatic carbocycles. The summed E-state index contributed by atoms with van der Waals surface area (Å²) in [5, 5.41) is 2.92. The first-order valence-corrected chi connectivity index (χ1v) is 5.10. The Bertz CT molecular complexity index is 463. The van der Waals surface area contributed by atoms with Crippen molar-refractivity contribution in [3.05, 3.63) is 41.2 Å². The molecule has 0 radical (unpaired) electrons. The maximum Gasteiger partial charge on any atom is 0.129 e. The van der Waals surface area contributed by atoms with Gasteiger partial charge in [0.2, 0.25) is 0 Å². The molecule has 0 unspecified atom stereocenters. The van der Waals surface area contributed by atoms with E-state index in [9.17, 15) is 0 Å². The summed E-state index contributed by atoms with van der Waals surface area (Å²) < 4.78 is 0. The third-order valence-electron chi connectivity index (χ3n) is 2.39. The molecule has 0 atom stereocenters. The zero-order valence-corrected chi connectivity index (χ0v) is 9.05. The second-order valence-electron chi connectivity index (χ2n) is 3.73. The van der Waals surface area contributed by atoms with Gasteiger partial charge in [-0.25, -0.2) is 4.98 Å². The standard InChI is InChI=1S/C12H12ClN/c1-8(2)10-5-3-4-9-6-12(13)14-7-11(9)10/h3-8H,1-2H3. The van der Waals surface area contributed by atoms with E-state index in [-0.39, 0.29) is 0 Å². The monoisotopic (exact) mass is 205 g/mol. The number of hydrogen-bond donors (Lipinski definition) is 0. The van der Waals surface area contributed by atoms with E-state index in [1.165, 1.54) is 10.9 Å². The molecule has 0 saturated heterocycles. The van der Waals surface area contributed by atoms with Crippen LogP contribution in [0.5, 0.6) is 0 Å². The van der Waals surface area contributed by atoms with Crippen molar-refractivity contribution in [1.29, 1.82) is 0 Å². The van der Waals surface area contributed by atoms with Gasteiger partial charge < -0.3 is 0 Å². The van der Waals surface area contributed by atoms with Gasteiger partial charge in [0.15, 0.2) is 0 Å². The van der Waals surface area contributed by atoms with Crippen LogP contribution in [0.3, 0.4) is 0 Å². The highest BCUT2D eigenvalue weighted by Crippen LogP contribution is 2.25. The third kappa shape index (κ3) is 1.60. The van der Waals surface area contributed by atoms with Crippen LogP contribution in [0.15, 0.2) is 30.5 Å². The Morgan fingerprint density at radius 2 is 2.07 bits per heavy atom. The minimum absolute atomic E-state index is 0.515. The van der Waals surface area contributed by atoms with Gasteiger partial charge in [-0.2, -0.15) is 0 Å². The second kappa shape index (κ2) is 3.58. The lowest BCUT2D eigenvalue weighted by Crippen LogP contribution is -1.89. The van der Waals surface area contributed by atoms with E-state index in [2.05, 4.69) is 37.0 Å². The number of fused-ring (bicyclic) bond motifs is 1. The van der Waals surface area contributed by atoms with E-state index in [0.29, 0.717) is 11.1 Å². The molecular weight excluding hydrogens is 194 g/mol. The van der Waals surface area contributed by atoms with Crippen molar-refractivity contribution in [3.8, 4) is 0 Å². The average Bonchev–Trinajstić information content (AvgIpc) is 2.16. The minimum atomic E-state index is 0.515. The van der Waals surface area contributed by atoms with Crippen LogP contribution in [0.2, 0.25) is 5.15 Å².